The Morgan fingerprint density at radius 3 is 2.53 bits per heavy atom. The quantitative estimate of drug-likeness (QED) is 0.469. The Hall–Kier alpha value is -3.66. The molecule has 2 aromatic carbocycles. The zero-order valence-corrected chi connectivity index (χ0v) is 16.6. The first-order chi connectivity index (χ1) is 15.3. The van der Waals surface area contributed by atoms with E-state index in [4.69, 9.17) is 13.8 Å². The molecule has 0 radical (unpaired) electrons. The Kier molecular flexibility index (Phi) is 4.74. The van der Waals surface area contributed by atoms with Gasteiger partial charge < -0.3 is 18.9 Å². The van der Waals surface area contributed by atoms with Crippen LogP contribution in [0, 0.1) is 5.92 Å². The third kappa shape index (κ3) is 3.42. The first-order valence-corrected chi connectivity index (χ1v) is 9.74. The smallest absolute Gasteiger partial charge is 0.422 e. The van der Waals surface area contributed by atoms with E-state index < -0.39 is 29.5 Å². The summed E-state index contributed by atoms with van der Waals surface area (Å²) in [7, 11) is 0. The van der Waals surface area contributed by atoms with Gasteiger partial charge in [0.05, 0.1) is 12.7 Å². The molecule has 2 atom stereocenters. The minimum absolute atomic E-state index is 0.0466. The van der Waals surface area contributed by atoms with Crippen molar-refractivity contribution < 1.29 is 32.1 Å². The molecule has 0 saturated carbocycles. The standard InChI is InChI=1S/C22H16F3N3O4/c1-11-10-30-15-9-13(7-8-14(15)18(11)29)20-26-21(32-28-20)19-16(22(23,24)25)17(27-31-19)12-5-3-2-4-6-12/h2-9,11,18,29H,10H2,1H3. The van der Waals surface area contributed by atoms with Gasteiger partial charge in [0.15, 0.2) is 0 Å². The number of nitrogens with zero attached hydrogens (tertiary/aromatic N) is 3. The molecule has 0 bridgehead atoms. The maximum absolute atomic E-state index is 13.9. The lowest BCUT2D eigenvalue weighted by molar-refractivity contribution is -0.136. The Labute approximate surface area is 179 Å². The van der Waals surface area contributed by atoms with Gasteiger partial charge in [-0.25, -0.2) is 0 Å². The van der Waals surface area contributed by atoms with Gasteiger partial charge in [-0.2, -0.15) is 18.2 Å². The number of hydrogen-bond acceptors (Lipinski definition) is 7. The summed E-state index contributed by atoms with van der Waals surface area (Å²) in [5.74, 6) is -0.661. The number of hydrogen-bond donors (Lipinski definition) is 1. The third-order valence-electron chi connectivity index (χ3n) is 5.27. The number of aliphatic hydroxyl groups excluding tert-OH is 1. The van der Waals surface area contributed by atoms with E-state index in [1.807, 2.05) is 6.92 Å². The van der Waals surface area contributed by atoms with Crippen molar-refractivity contribution in [2.24, 2.45) is 5.92 Å². The molecule has 0 fully saturated rings. The van der Waals surface area contributed by atoms with Crippen LogP contribution >= 0.6 is 0 Å². The lowest BCUT2D eigenvalue weighted by atomic mass is 9.94. The van der Waals surface area contributed by atoms with Gasteiger partial charge in [0.25, 0.3) is 5.89 Å². The van der Waals surface area contributed by atoms with E-state index in [9.17, 15) is 18.3 Å². The topological polar surface area (TPSA) is 94.4 Å². The van der Waals surface area contributed by atoms with Crippen LogP contribution in [-0.4, -0.2) is 27.0 Å². The highest BCUT2D eigenvalue weighted by Crippen LogP contribution is 2.43. The van der Waals surface area contributed by atoms with Gasteiger partial charge in [-0.05, 0) is 6.07 Å². The van der Waals surface area contributed by atoms with Crippen LogP contribution in [0.3, 0.4) is 0 Å². The number of aromatic nitrogens is 3. The van der Waals surface area contributed by atoms with Crippen LogP contribution in [0.2, 0.25) is 0 Å². The Bertz CT molecular complexity index is 1270. The lowest BCUT2D eigenvalue weighted by Crippen LogP contribution is -2.23. The molecule has 4 aromatic rings. The van der Waals surface area contributed by atoms with E-state index >= 15 is 0 Å². The molecular formula is C22H16F3N3O4. The minimum Gasteiger partial charge on any atom is -0.493 e. The van der Waals surface area contributed by atoms with Crippen molar-refractivity contribution >= 4 is 0 Å². The molecule has 2 unspecified atom stereocenters. The summed E-state index contributed by atoms with van der Waals surface area (Å²) < 4.78 is 57.4. The molecule has 1 aliphatic heterocycles. The van der Waals surface area contributed by atoms with Crippen LogP contribution in [0.5, 0.6) is 5.75 Å². The van der Waals surface area contributed by atoms with Crippen molar-refractivity contribution in [3.8, 4) is 40.0 Å². The van der Waals surface area contributed by atoms with E-state index in [0.29, 0.717) is 23.5 Å². The maximum atomic E-state index is 13.9. The van der Waals surface area contributed by atoms with E-state index in [0.717, 1.165) is 0 Å². The normalized spacial score (nSPS) is 18.3. The number of benzene rings is 2. The average Bonchev–Trinajstić information content (AvgIpc) is 3.44. The van der Waals surface area contributed by atoms with Gasteiger partial charge in [0.2, 0.25) is 11.6 Å². The second kappa shape index (κ2) is 7.49. The molecule has 0 amide bonds. The van der Waals surface area contributed by atoms with Gasteiger partial charge in [-0.1, -0.05) is 59.7 Å². The molecular weight excluding hydrogens is 427 g/mol. The zero-order valence-electron chi connectivity index (χ0n) is 16.6. The highest BCUT2D eigenvalue weighted by molar-refractivity contribution is 5.71. The van der Waals surface area contributed by atoms with Crippen LogP contribution in [0.4, 0.5) is 13.2 Å². The molecule has 1 N–H and O–H groups in total. The molecule has 164 valence electrons. The Morgan fingerprint density at radius 2 is 1.78 bits per heavy atom. The van der Waals surface area contributed by atoms with Gasteiger partial charge >= 0.3 is 6.18 Å². The second-order valence-electron chi connectivity index (χ2n) is 7.51. The highest BCUT2D eigenvalue weighted by atomic mass is 19.4. The SMILES string of the molecule is CC1COc2cc(-c3noc(-c4onc(-c5ccccc5)c4C(F)(F)F)n3)ccc2C1O. The third-order valence-corrected chi connectivity index (χ3v) is 5.27. The first kappa shape index (κ1) is 20.3. The first-order valence-electron chi connectivity index (χ1n) is 9.74. The van der Waals surface area contributed by atoms with E-state index in [1.54, 1.807) is 36.4 Å². The average molecular weight is 443 g/mol. The fourth-order valence-electron chi connectivity index (χ4n) is 3.59. The molecule has 7 nitrogen and oxygen atoms in total. The molecule has 5 rings (SSSR count). The Morgan fingerprint density at radius 1 is 1.00 bits per heavy atom. The summed E-state index contributed by atoms with van der Waals surface area (Å²) >= 11 is 0. The summed E-state index contributed by atoms with van der Waals surface area (Å²) in [6.07, 6.45) is -5.43. The van der Waals surface area contributed by atoms with Gasteiger partial charge in [0, 0.05) is 22.6 Å². The number of rotatable bonds is 3. The highest BCUT2D eigenvalue weighted by Gasteiger charge is 2.43. The summed E-state index contributed by atoms with van der Waals surface area (Å²) in [6, 6.07) is 12.8. The molecule has 2 aromatic heterocycles. The monoisotopic (exact) mass is 443 g/mol. The largest absolute Gasteiger partial charge is 0.493 e. The molecule has 10 heteroatoms. The van der Waals surface area contributed by atoms with Crippen molar-refractivity contribution in [1.29, 1.82) is 0 Å². The van der Waals surface area contributed by atoms with Gasteiger partial charge in [-0.3, -0.25) is 0 Å². The number of ether oxygens (including phenoxy) is 1. The van der Waals surface area contributed by atoms with Crippen LogP contribution in [0.15, 0.2) is 57.6 Å². The predicted octanol–water partition coefficient (Wildman–Crippen LogP) is 5.14. The van der Waals surface area contributed by atoms with Crippen molar-refractivity contribution in [2.75, 3.05) is 6.61 Å². The van der Waals surface area contributed by atoms with Crippen LogP contribution in [-0.2, 0) is 6.18 Å². The van der Waals surface area contributed by atoms with Gasteiger partial charge in [0.1, 0.15) is 17.0 Å². The zero-order chi connectivity index (χ0) is 22.5. The molecule has 0 saturated heterocycles. The molecule has 1 aliphatic rings. The molecule has 32 heavy (non-hydrogen) atoms. The van der Waals surface area contributed by atoms with E-state index in [1.165, 1.54) is 12.1 Å². The van der Waals surface area contributed by atoms with Crippen molar-refractivity contribution in [3.05, 3.63) is 59.7 Å². The minimum atomic E-state index is -4.76. The van der Waals surface area contributed by atoms with Crippen molar-refractivity contribution in [3.63, 3.8) is 0 Å². The van der Waals surface area contributed by atoms with Gasteiger partial charge in [-0.15, -0.1) is 0 Å². The van der Waals surface area contributed by atoms with Crippen LogP contribution in [0.25, 0.3) is 34.3 Å². The molecule has 0 spiro atoms. The summed E-state index contributed by atoms with van der Waals surface area (Å²) in [5.41, 5.74) is -0.132. The van der Waals surface area contributed by atoms with Crippen molar-refractivity contribution in [1.82, 2.24) is 15.3 Å². The van der Waals surface area contributed by atoms with Crippen LogP contribution < -0.4 is 4.74 Å². The summed E-state index contributed by atoms with van der Waals surface area (Å²) in [6.45, 7) is 2.21. The van der Waals surface area contributed by atoms with Crippen LogP contribution in [0.1, 0.15) is 24.2 Å². The fraction of sp³-hybridized carbons (Fsp3) is 0.227. The summed E-state index contributed by atoms with van der Waals surface area (Å²) in [4.78, 5) is 4.09. The van der Waals surface area contributed by atoms with E-state index in [2.05, 4.69) is 15.3 Å². The number of alkyl halides is 3. The van der Waals surface area contributed by atoms with E-state index in [-0.39, 0.29) is 23.0 Å². The number of fused-ring (bicyclic) bond motifs is 1. The maximum Gasteiger partial charge on any atom is 0.422 e. The second-order valence-corrected chi connectivity index (χ2v) is 7.51. The lowest BCUT2D eigenvalue weighted by Gasteiger charge is -2.27. The fourth-order valence-corrected chi connectivity index (χ4v) is 3.59. The number of aliphatic hydroxyl groups is 1. The molecule has 3 heterocycles. The number of halogens is 3. The summed E-state index contributed by atoms with van der Waals surface area (Å²) in [5, 5.41) is 17.7. The Balaban J connectivity index is 1.54. The molecule has 0 aliphatic carbocycles. The predicted molar refractivity (Wildman–Crippen MR) is 105 cm³/mol. The van der Waals surface area contributed by atoms with Crippen molar-refractivity contribution in [2.45, 2.75) is 19.2 Å².